The van der Waals surface area contributed by atoms with Gasteiger partial charge in [-0.15, -0.1) is 21.5 Å². The van der Waals surface area contributed by atoms with Gasteiger partial charge in [-0.1, -0.05) is 30.0 Å². The maximum Gasteiger partial charge on any atom is 0.250 e. The number of nitrogens with one attached hydrogen (secondary N) is 1. The summed E-state index contributed by atoms with van der Waals surface area (Å²) in [5, 5.41) is 15.8. The molecule has 2 aromatic carbocycles. The zero-order valence-electron chi connectivity index (χ0n) is 16.5. The highest BCUT2D eigenvalue weighted by Gasteiger charge is 2.20. The average Bonchev–Trinajstić information content (AvgIpc) is 3.58. The van der Waals surface area contributed by atoms with E-state index in [-0.39, 0.29) is 18.5 Å². The molecule has 4 aromatic rings. The fourth-order valence-corrected chi connectivity index (χ4v) is 4.26. The number of carbonyl (C=O) groups is 1. The topological polar surface area (TPSA) is 104 Å². The van der Waals surface area contributed by atoms with Crippen molar-refractivity contribution in [1.82, 2.24) is 25.2 Å². The Morgan fingerprint density at radius 3 is 2.91 bits per heavy atom. The number of para-hydroxylation sites is 1. The van der Waals surface area contributed by atoms with Crippen molar-refractivity contribution >= 4 is 35.2 Å². The summed E-state index contributed by atoms with van der Waals surface area (Å²) in [5.74, 6) is 1.87. The summed E-state index contributed by atoms with van der Waals surface area (Å²) >= 11 is 2.71. The molecule has 160 valence electrons. The van der Waals surface area contributed by atoms with Crippen LogP contribution in [0.5, 0.6) is 11.5 Å². The summed E-state index contributed by atoms with van der Waals surface area (Å²) in [6.45, 7) is 0.200. The zero-order valence-corrected chi connectivity index (χ0v) is 18.2. The summed E-state index contributed by atoms with van der Waals surface area (Å²) in [6, 6.07) is 15.4. The van der Waals surface area contributed by atoms with Crippen LogP contribution in [0.15, 0.2) is 70.4 Å². The molecule has 2 aromatic heterocycles. The van der Waals surface area contributed by atoms with Crippen LogP contribution in [0.25, 0.3) is 17.1 Å². The van der Waals surface area contributed by atoms with E-state index >= 15 is 0 Å². The molecule has 0 fully saturated rings. The predicted octanol–water partition coefficient (Wildman–Crippen LogP) is 3.36. The quantitative estimate of drug-likeness (QED) is 0.254. The fourth-order valence-electron chi connectivity index (χ4n) is 3.02. The zero-order chi connectivity index (χ0) is 21.8. The molecule has 0 radical (unpaired) electrons. The number of benzene rings is 2. The molecule has 0 saturated carbocycles. The van der Waals surface area contributed by atoms with Crippen molar-refractivity contribution in [2.24, 2.45) is 5.10 Å². The van der Waals surface area contributed by atoms with Crippen molar-refractivity contribution in [2.75, 3.05) is 12.5 Å². The monoisotopic (exact) mass is 464 g/mol. The number of fused-ring (bicyclic) bond motifs is 1. The third-order valence-electron chi connectivity index (χ3n) is 4.43. The third-order valence-corrected chi connectivity index (χ3v) is 6.07. The summed E-state index contributed by atoms with van der Waals surface area (Å²) in [7, 11) is 0. The number of amides is 1. The molecule has 1 aliphatic heterocycles. The largest absolute Gasteiger partial charge is 0.454 e. The molecule has 1 N–H and O–H groups in total. The van der Waals surface area contributed by atoms with Crippen molar-refractivity contribution < 1.29 is 14.3 Å². The lowest BCUT2D eigenvalue weighted by Gasteiger charge is -2.10. The lowest BCUT2D eigenvalue weighted by Crippen LogP contribution is -2.20. The molecule has 0 atom stereocenters. The van der Waals surface area contributed by atoms with Crippen LogP contribution < -0.4 is 14.9 Å². The van der Waals surface area contributed by atoms with Gasteiger partial charge in [0.05, 0.1) is 12.0 Å². The van der Waals surface area contributed by atoms with Crippen LogP contribution in [0.1, 0.15) is 5.01 Å². The summed E-state index contributed by atoms with van der Waals surface area (Å²) < 4.78 is 12.8. The molecule has 32 heavy (non-hydrogen) atoms. The summed E-state index contributed by atoms with van der Waals surface area (Å²) in [5.41, 5.74) is 4.22. The number of rotatable bonds is 7. The number of hydrogen-bond acceptors (Lipinski definition) is 9. The second-order valence-electron chi connectivity index (χ2n) is 6.50. The van der Waals surface area contributed by atoms with E-state index in [1.807, 2.05) is 58.5 Å². The first-order valence-corrected chi connectivity index (χ1v) is 11.4. The minimum Gasteiger partial charge on any atom is -0.454 e. The number of thiazole rings is 1. The minimum absolute atomic E-state index is 0.126. The first kappa shape index (κ1) is 20.2. The standard InChI is InChI=1S/C21H16N6O3S2/c28-18(24-23-11-19-22-8-9-31-19)12-32-21-26-25-20(27(21)15-4-2-1-3-5-15)14-6-7-16-17(10-14)30-13-29-16/h1-11H,12-13H2,(H,24,28). The van der Waals surface area contributed by atoms with Crippen LogP contribution >= 0.6 is 23.1 Å². The number of ether oxygens (including phenoxy) is 2. The average molecular weight is 465 g/mol. The Labute approximate surface area is 191 Å². The number of hydrazone groups is 1. The van der Waals surface area contributed by atoms with E-state index in [9.17, 15) is 4.79 Å². The van der Waals surface area contributed by atoms with Crippen LogP contribution in [-0.2, 0) is 4.79 Å². The molecule has 0 spiro atoms. The molecule has 0 bridgehead atoms. The van der Waals surface area contributed by atoms with Crippen LogP contribution in [-0.4, -0.2) is 44.4 Å². The third kappa shape index (κ3) is 4.34. The van der Waals surface area contributed by atoms with Crippen LogP contribution in [0.3, 0.4) is 0 Å². The molecule has 11 heteroatoms. The van der Waals surface area contributed by atoms with Gasteiger partial charge < -0.3 is 9.47 Å². The second kappa shape index (κ2) is 9.20. The van der Waals surface area contributed by atoms with Crippen molar-refractivity contribution in [1.29, 1.82) is 0 Å². The first-order valence-electron chi connectivity index (χ1n) is 9.53. The number of nitrogens with zero attached hydrogens (tertiary/aromatic N) is 5. The van der Waals surface area contributed by atoms with E-state index < -0.39 is 0 Å². The summed E-state index contributed by atoms with van der Waals surface area (Å²) in [4.78, 5) is 16.3. The fraction of sp³-hybridized carbons (Fsp3) is 0.0952. The highest BCUT2D eigenvalue weighted by molar-refractivity contribution is 7.99. The van der Waals surface area contributed by atoms with Crippen LogP contribution in [0.4, 0.5) is 0 Å². The number of carbonyl (C=O) groups excluding carboxylic acids is 1. The lowest BCUT2D eigenvalue weighted by molar-refractivity contribution is -0.118. The van der Waals surface area contributed by atoms with Gasteiger partial charge in [0, 0.05) is 22.8 Å². The Balaban J connectivity index is 1.37. The van der Waals surface area contributed by atoms with E-state index in [1.165, 1.54) is 29.3 Å². The smallest absolute Gasteiger partial charge is 0.250 e. The molecular formula is C21H16N6O3S2. The molecule has 1 aliphatic rings. The highest BCUT2D eigenvalue weighted by atomic mass is 32.2. The van der Waals surface area contributed by atoms with Crippen molar-refractivity contribution in [3.63, 3.8) is 0 Å². The first-order chi connectivity index (χ1) is 15.8. The molecule has 5 rings (SSSR count). The van der Waals surface area contributed by atoms with E-state index in [0.29, 0.717) is 22.5 Å². The van der Waals surface area contributed by atoms with Gasteiger partial charge in [-0.3, -0.25) is 9.36 Å². The van der Waals surface area contributed by atoms with Crippen LogP contribution in [0.2, 0.25) is 0 Å². The van der Waals surface area contributed by atoms with Gasteiger partial charge in [0.15, 0.2) is 22.5 Å². The molecular weight excluding hydrogens is 448 g/mol. The van der Waals surface area contributed by atoms with Gasteiger partial charge in [-0.2, -0.15) is 5.10 Å². The summed E-state index contributed by atoms with van der Waals surface area (Å²) in [6.07, 6.45) is 3.19. The minimum atomic E-state index is -0.255. The SMILES string of the molecule is O=C(CSc1nnc(-c2ccc3c(c2)OCO3)n1-c1ccccc1)NN=Cc1nccs1. The Bertz CT molecular complexity index is 1260. The Hall–Kier alpha value is -3.70. The Morgan fingerprint density at radius 2 is 2.06 bits per heavy atom. The Morgan fingerprint density at radius 1 is 1.19 bits per heavy atom. The van der Waals surface area contributed by atoms with Gasteiger partial charge in [-0.05, 0) is 30.3 Å². The lowest BCUT2D eigenvalue weighted by atomic mass is 10.2. The molecule has 0 aliphatic carbocycles. The van der Waals surface area contributed by atoms with E-state index in [4.69, 9.17) is 9.47 Å². The normalized spacial score (nSPS) is 12.4. The molecule has 0 unspecified atom stereocenters. The van der Waals surface area contributed by atoms with Gasteiger partial charge in [0.1, 0.15) is 5.01 Å². The van der Waals surface area contributed by atoms with Crippen molar-refractivity contribution in [3.05, 3.63) is 65.1 Å². The van der Waals surface area contributed by atoms with E-state index in [2.05, 4.69) is 25.7 Å². The van der Waals surface area contributed by atoms with E-state index in [0.717, 1.165) is 16.3 Å². The van der Waals surface area contributed by atoms with Gasteiger partial charge in [0.2, 0.25) is 6.79 Å². The van der Waals surface area contributed by atoms with Gasteiger partial charge in [-0.25, -0.2) is 10.4 Å². The number of thioether (sulfide) groups is 1. The van der Waals surface area contributed by atoms with Crippen molar-refractivity contribution in [2.45, 2.75) is 5.16 Å². The number of hydrogen-bond donors (Lipinski definition) is 1. The molecule has 3 heterocycles. The maximum absolute atomic E-state index is 12.2. The maximum atomic E-state index is 12.2. The van der Waals surface area contributed by atoms with Gasteiger partial charge >= 0.3 is 0 Å². The van der Waals surface area contributed by atoms with Crippen LogP contribution in [0, 0.1) is 0 Å². The molecule has 9 nitrogen and oxygen atoms in total. The van der Waals surface area contributed by atoms with Crippen molar-refractivity contribution in [3.8, 4) is 28.6 Å². The molecule has 1 amide bonds. The van der Waals surface area contributed by atoms with E-state index in [1.54, 1.807) is 6.20 Å². The molecule has 0 saturated heterocycles. The van der Waals surface area contributed by atoms with Gasteiger partial charge in [0.25, 0.3) is 5.91 Å². The highest BCUT2D eigenvalue weighted by Crippen LogP contribution is 2.36. The number of aromatic nitrogens is 4. The predicted molar refractivity (Wildman–Crippen MR) is 121 cm³/mol. The second-order valence-corrected chi connectivity index (χ2v) is 8.37. The Kier molecular flexibility index (Phi) is 5.81.